The zero-order chi connectivity index (χ0) is 31.1. The van der Waals surface area contributed by atoms with E-state index in [1.165, 1.54) is 23.8 Å². The highest BCUT2D eigenvalue weighted by molar-refractivity contribution is 7.14. The van der Waals surface area contributed by atoms with Crippen molar-refractivity contribution in [3.8, 4) is 11.4 Å². The Labute approximate surface area is 255 Å². The normalized spacial score (nSPS) is 13.0. The summed E-state index contributed by atoms with van der Waals surface area (Å²) in [5.41, 5.74) is 4.65. The third-order valence-electron chi connectivity index (χ3n) is 6.75. The molecule has 0 bridgehead atoms. The number of carboxylic acid groups (broad SMARTS) is 1. The zero-order valence-corrected chi connectivity index (χ0v) is 25.7. The lowest BCUT2D eigenvalue weighted by Crippen LogP contribution is -2.51. The fourth-order valence-corrected chi connectivity index (χ4v) is 5.21. The van der Waals surface area contributed by atoms with Crippen molar-refractivity contribution < 1.29 is 19.5 Å². The number of carbonyl (C=O) groups is 3. The Bertz CT molecular complexity index is 1620. The highest BCUT2D eigenvalue weighted by atomic mass is 32.1. The Hall–Kier alpha value is -4.63. The van der Waals surface area contributed by atoms with Crippen molar-refractivity contribution >= 4 is 41.3 Å². The van der Waals surface area contributed by atoms with Crippen LogP contribution in [0.25, 0.3) is 23.5 Å². The Balaban J connectivity index is 1.47. The maximum Gasteiger partial charge on any atom is 0.325 e. The molecule has 0 saturated carbocycles. The Morgan fingerprint density at radius 3 is 2.21 bits per heavy atom. The lowest BCUT2D eigenvalue weighted by atomic mass is 9.95. The number of hydrogen-bond acceptors (Lipinski definition) is 6. The average Bonchev–Trinajstić information content (AvgIpc) is 3.48. The fourth-order valence-electron chi connectivity index (χ4n) is 4.24. The lowest BCUT2D eigenvalue weighted by molar-refractivity contribution is -0.141. The second-order valence-electron chi connectivity index (χ2n) is 11.5. The first-order valence-electron chi connectivity index (χ1n) is 14.0. The molecule has 2 heterocycles. The van der Waals surface area contributed by atoms with Gasteiger partial charge in [-0.3, -0.25) is 14.4 Å². The number of nitrogens with one attached hydrogen (secondary N) is 2. The molecule has 2 aromatic heterocycles. The van der Waals surface area contributed by atoms with Gasteiger partial charge in [0.25, 0.3) is 5.91 Å². The van der Waals surface area contributed by atoms with Crippen molar-refractivity contribution in [1.29, 1.82) is 0 Å². The smallest absolute Gasteiger partial charge is 0.325 e. The van der Waals surface area contributed by atoms with Crippen LogP contribution < -0.4 is 10.6 Å². The van der Waals surface area contributed by atoms with E-state index in [2.05, 4.69) is 60.4 Å². The molecule has 0 spiro atoms. The van der Waals surface area contributed by atoms with Crippen LogP contribution in [0.15, 0.2) is 73.1 Å². The molecule has 0 saturated heterocycles. The van der Waals surface area contributed by atoms with Crippen LogP contribution in [-0.2, 0) is 21.4 Å². The number of benzene rings is 2. The van der Waals surface area contributed by atoms with Gasteiger partial charge in [-0.25, -0.2) is 9.97 Å². The van der Waals surface area contributed by atoms with Gasteiger partial charge in [-0.1, -0.05) is 87.0 Å². The number of thiophene rings is 1. The van der Waals surface area contributed by atoms with Crippen LogP contribution in [0.2, 0.25) is 0 Å². The lowest BCUT2D eigenvalue weighted by Gasteiger charge is -2.20. The number of carboxylic acids is 1. The van der Waals surface area contributed by atoms with E-state index in [1.807, 2.05) is 54.6 Å². The van der Waals surface area contributed by atoms with Crippen LogP contribution in [0.5, 0.6) is 0 Å². The molecule has 222 valence electrons. The number of aliphatic carboxylic acids is 1. The highest BCUT2D eigenvalue weighted by Crippen LogP contribution is 2.29. The highest BCUT2D eigenvalue weighted by Gasteiger charge is 2.26. The molecule has 0 aliphatic carbocycles. The first-order chi connectivity index (χ1) is 20.4. The number of aryl methyl sites for hydroxylation is 1. The third kappa shape index (κ3) is 8.68. The van der Waals surface area contributed by atoms with Crippen LogP contribution in [0.3, 0.4) is 0 Å². The molecule has 2 aromatic carbocycles. The molecule has 0 aliphatic heterocycles. The van der Waals surface area contributed by atoms with E-state index in [4.69, 9.17) is 0 Å². The van der Waals surface area contributed by atoms with E-state index in [-0.39, 0.29) is 17.7 Å². The second-order valence-corrected chi connectivity index (χ2v) is 12.6. The molecule has 0 radical (unpaired) electrons. The molecular weight excluding hydrogens is 560 g/mol. The summed E-state index contributed by atoms with van der Waals surface area (Å²) in [6, 6.07) is 17.2. The minimum Gasteiger partial charge on any atom is -0.480 e. The van der Waals surface area contributed by atoms with Gasteiger partial charge in [0.05, 0.1) is 4.88 Å². The Morgan fingerprint density at radius 1 is 0.930 bits per heavy atom. The Kier molecular flexibility index (Phi) is 9.88. The van der Waals surface area contributed by atoms with E-state index in [1.54, 1.807) is 18.5 Å². The molecule has 43 heavy (non-hydrogen) atoms. The number of nitrogens with zero attached hydrogens (tertiary/aromatic N) is 2. The van der Waals surface area contributed by atoms with Crippen LogP contribution in [0.4, 0.5) is 0 Å². The van der Waals surface area contributed by atoms with Crippen LogP contribution >= 0.6 is 11.3 Å². The first-order valence-corrected chi connectivity index (χ1v) is 14.8. The van der Waals surface area contributed by atoms with Gasteiger partial charge in [0.2, 0.25) is 5.91 Å². The zero-order valence-electron chi connectivity index (χ0n) is 24.9. The molecule has 0 unspecified atom stereocenters. The maximum atomic E-state index is 13.1. The van der Waals surface area contributed by atoms with Crippen molar-refractivity contribution in [2.75, 3.05) is 0 Å². The Morgan fingerprint density at radius 2 is 1.60 bits per heavy atom. The summed E-state index contributed by atoms with van der Waals surface area (Å²) in [7, 11) is 0. The van der Waals surface area contributed by atoms with Crippen molar-refractivity contribution in [3.05, 3.63) is 105 Å². The topological polar surface area (TPSA) is 121 Å². The summed E-state index contributed by atoms with van der Waals surface area (Å²) in [5.74, 6) is -1.56. The number of aromatic nitrogens is 2. The van der Waals surface area contributed by atoms with Crippen LogP contribution in [0, 0.1) is 6.92 Å². The van der Waals surface area contributed by atoms with Gasteiger partial charge in [-0.05, 0) is 42.5 Å². The van der Waals surface area contributed by atoms with Gasteiger partial charge in [-0.15, -0.1) is 11.3 Å². The molecule has 3 N–H and O–H groups in total. The van der Waals surface area contributed by atoms with Gasteiger partial charge in [0.1, 0.15) is 12.1 Å². The minimum absolute atomic E-state index is 0.110. The number of carbonyl (C=O) groups excluding carboxylic acids is 2. The molecule has 2 atom stereocenters. The maximum absolute atomic E-state index is 13.1. The van der Waals surface area contributed by atoms with E-state index in [0.717, 1.165) is 27.1 Å². The number of amides is 2. The molecular formula is C34H36N4O4S. The summed E-state index contributed by atoms with van der Waals surface area (Å²) in [6.45, 7) is 9.63. The van der Waals surface area contributed by atoms with Gasteiger partial charge < -0.3 is 15.7 Å². The molecule has 0 fully saturated rings. The SMILES string of the molecule is Cc1cccc(/C=C/c2cnc(-c3ccc(C[C@H](NC(=O)c4ccc(C(C)(C)C)s4)C(=O)N[C@H](C)C(=O)O)cc3)nc2)c1. The molecule has 9 heteroatoms. The van der Waals surface area contributed by atoms with Gasteiger partial charge in [-0.2, -0.15) is 0 Å². The summed E-state index contributed by atoms with van der Waals surface area (Å²) in [4.78, 5) is 48.0. The van der Waals surface area contributed by atoms with E-state index < -0.39 is 24.0 Å². The molecule has 8 nitrogen and oxygen atoms in total. The number of rotatable bonds is 10. The average molecular weight is 597 g/mol. The predicted molar refractivity (Wildman–Crippen MR) is 171 cm³/mol. The molecule has 4 aromatic rings. The van der Waals surface area contributed by atoms with E-state index in [9.17, 15) is 19.5 Å². The summed E-state index contributed by atoms with van der Waals surface area (Å²) < 4.78 is 0. The quantitative estimate of drug-likeness (QED) is 0.209. The second kappa shape index (κ2) is 13.6. The summed E-state index contributed by atoms with van der Waals surface area (Å²) in [5, 5.41) is 14.6. The fraction of sp³-hybridized carbons (Fsp3) is 0.265. The summed E-state index contributed by atoms with van der Waals surface area (Å²) in [6.07, 6.45) is 7.68. The monoisotopic (exact) mass is 596 g/mol. The molecule has 4 rings (SSSR count). The molecule has 0 aliphatic rings. The van der Waals surface area contributed by atoms with Crippen molar-refractivity contribution in [2.45, 2.75) is 58.5 Å². The third-order valence-corrected chi connectivity index (χ3v) is 8.26. The van der Waals surface area contributed by atoms with Gasteiger partial charge in [0, 0.05) is 34.8 Å². The van der Waals surface area contributed by atoms with Gasteiger partial charge in [0.15, 0.2) is 5.82 Å². The number of hydrogen-bond donors (Lipinski definition) is 3. The first kappa shape index (κ1) is 31.3. The summed E-state index contributed by atoms with van der Waals surface area (Å²) >= 11 is 1.37. The van der Waals surface area contributed by atoms with Crippen molar-refractivity contribution in [3.63, 3.8) is 0 Å². The van der Waals surface area contributed by atoms with Crippen molar-refractivity contribution in [1.82, 2.24) is 20.6 Å². The van der Waals surface area contributed by atoms with E-state index >= 15 is 0 Å². The van der Waals surface area contributed by atoms with Crippen LogP contribution in [0.1, 0.15) is 64.5 Å². The largest absolute Gasteiger partial charge is 0.480 e. The minimum atomic E-state index is -1.16. The molecule has 2 amide bonds. The van der Waals surface area contributed by atoms with Crippen LogP contribution in [-0.4, -0.2) is 44.9 Å². The van der Waals surface area contributed by atoms with Crippen molar-refractivity contribution in [2.24, 2.45) is 0 Å². The van der Waals surface area contributed by atoms with Gasteiger partial charge >= 0.3 is 5.97 Å². The standard InChI is InChI=1S/C34H36N4O4S/c1-21-7-6-8-23(17-21)9-10-25-19-35-30(36-20-25)26-13-11-24(12-14-26)18-27(31(39)37-22(2)33(41)42)38-32(40)28-15-16-29(43-28)34(3,4)5/h6-17,19-20,22,27H,18H2,1-5H3,(H,37,39)(H,38,40)(H,41,42)/b10-9+/t22-,27+/m1/s1. The predicted octanol–water partition coefficient (Wildman–Crippen LogP) is 5.91. The van der Waals surface area contributed by atoms with E-state index in [0.29, 0.717) is 10.7 Å².